The highest BCUT2D eigenvalue weighted by molar-refractivity contribution is 5.80. The smallest absolute Gasteiger partial charge is 0.194 e. The Morgan fingerprint density at radius 2 is 1.97 bits per heavy atom. The summed E-state index contributed by atoms with van der Waals surface area (Å²) in [5.74, 6) is 2.95. The van der Waals surface area contributed by atoms with Gasteiger partial charge in [-0.25, -0.2) is 4.98 Å². The van der Waals surface area contributed by atoms with E-state index < -0.39 is 0 Å². The summed E-state index contributed by atoms with van der Waals surface area (Å²) >= 11 is 0. The number of hydrogen-bond acceptors (Lipinski definition) is 4. The highest BCUT2D eigenvalue weighted by Crippen LogP contribution is 2.22. The first-order valence-electron chi connectivity index (χ1n) is 11.1. The first-order chi connectivity index (χ1) is 15.3. The Labute approximate surface area is 184 Å². The number of guanidine groups is 1. The Kier molecular flexibility index (Phi) is 6.92. The van der Waals surface area contributed by atoms with Crippen LogP contribution in [-0.4, -0.2) is 67.2 Å². The number of aryl methyl sites for hydroxylation is 1. The molecule has 0 spiro atoms. The molecule has 1 fully saturated rings. The number of ether oxygens (including phenoxy) is 1. The number of nitrogens with zero attached hydrogens (tertiary/aromatic N) is 4. The fourth-order valence-electron chi connectivity index (χ4n) is 3.96. The lowest BCUT2D eigenvalue weighted by atomic mass is 10.2. The summed E-state index contributed by atoms with van der Waals surface area (Å²) in [6.07, 6.45) is 1.87. The minimum Gasteiger partial charge on any atom is -0.497 e. The number of H-pyrrole nitrogens is 1. The number of imidazole rings is 1. The minimum absolute atomic E-state index is 0.787. The second-order valence-electron chi connectivity index (χ2n) is 7.72. The van der Waals surface area contributed by atoms with Crippen molar-refractivity contribution >= 4 is 22.7 Å². The molecule has 31 heavy (non-hydrogen) atoms. The van der Waals surface area contributed by atoms with E-state index in [2.05, 4.69) is 50.2 Å². The molecule has 0 aliphatic carbocycles. The number of methoxy groups -OCH3 is 1. The number of fused-ring (bicyclic) bond motifs is 1. The van der Waals surface area contributed by atoms with Crippen molar-refractivity contribution in [1.82, 2.24) is 20.2 Å². The Bertz CT molecular complexity index is 973. The van der Waals surface area contributed by atoms with Crippen LogP contribution < -0.4 is 15.0 Å². The first-order valence-corrected chi connectivity index (χ1v) is 11.1. The molecule has 1 saturated heterocycles. The number of aliphatic imine (C=N–C) groups is 1. The third kappa shape index (κ3) is 5.29. The Morgan fingerprint density at radius 1 is 1.13 bits per heavy atom. The summed E-state index contributed by atoms with van der Waals surface area (Å²) in [5.41, 5.74) is 3.35. The van der Waals surface area contributed by atoms with Crippen molar-refractivity contribution in [3.8, 4) is 5.75 Å². The molecule has 4 rings (SSSR count). The van der Waals surface area contributed by atoms with Crippen LogP contribution in [0.15, 0.2) is 53.5 Å². The molecule has 1 aliphatic rings. The van der Waals surface area contributed by atoms with E-state index >= 15 is 0 Å². The van der Waals surface area contributed by atoms with Crippen LogP contribution in [0.1, 0.15) is 19.2 Å². The lowest BCUT2D eigenvalue weighted by molar-refractivity contribution is 0.372. The van der Waals surface area contributed by atoms with Crippen molar-refractivity contribution in [1.29, 1.82) is 0 Å². The van der Waals surface area contributed by atoms with Crippen LogP contribution in [0.5, 0.6) is 5.75 Å². The van der Waals surface area contributed by atoms with E-state index in [0.29, 0.717) is 0 Å². The van der Waals surface area contributed by atoms with Crippen molar-refractivity contribution in [3.63, 3.8) is 0 Å². The van der Waals surface area contributed by atoms with Crippen molar-refractivity contribution in [2.24, 2.45) is 4.99 Å². The van der Waals surface area contributed by atoms with Gasteiger partial charge in [0.25, 0.3) is 0 Å². The van der Waals surface area contributed by atoms with Crippen molar-refractivity contribution in [2.75, 3.05) is 51.3 Å². The number of aromatic nitrogens is 2. The van der Waals surface area contributed by atoms with E-state index in [9.17, 15) is 0 Å². The van der Waals surface area contributed by atoms with Gasteiger partial charge < -0.3 is 24.8 Å². The molecule has 164 valence electrons. The monoisotopic (exact) mass is 420 g/mol. The number of benzene rings is 2. The molecule has 1 aromatic heterocycles. The molecule has 0 atom stereocenters. The van der Waals surface area contributed by atoms with Gasteiger partial charge in [-0.15, -0.1) is 0 Å². The number of piperazine rings is 1. The van der Waals surface area contributed by atoms with Gasteiger partial charge in [0.1, 0.15) is 11.6 Å². The maximum atomic E-state index is 5.37. The molecule has 0 unspecified atom stereocenters. The SMILES string of the molecule is CCNC(=NCCCc1nc2ccccc2[nH]1)N1CCN(c2cccc(OC)c2)CC1. The van der Waals surface area contributed by atoms with E-state index in [-0.39, 0.29) is 0 Å². The number of aromatic amines is 1. The van der Waals surface area contributed by atoms with Crippen molar-refractivity contribution in [2.45, 2.75) is 19.8 Å². The molecule has 0 radical (unpaired) electrons. The summed E-state index contributed by atoms with van der Waals surface area (Å²) in [7, 11) is 1.71. The zero-order valence-electron chi connectivity index (χ0n) is 18.5. The molecule has 1 aliphatic heterocycles. The molecule has 0 saturated carbocycles. The maximum Gasteiger partial charge on any atom is 0.194 e. The minimum atomic E-state index is 0.787. The maximum absolute atomic E-state index is 5.37. The third-order valence-electron chi connectivity index (χ3n) is 5.60. The summed E-state index contributed by atoms with van der Waals surface area (Å²) in [6.45, 7) is 7.62. The van der Waals surface area contributed by atoms with Gasteiger partial charge >= 0.3 is 0 Å². The average molecular weight is 421 g/mol. The van der Waals surface area contributed by atoms with Gasteiger partial charge in [0.15, 0.2) is 5.96 Å². The lowest BCUT2D eigenvalue weighted by Crippen LogP contribution is -2.52. The first kappa shape index (κ1) is 21.0. The van der Waals surface area contributed by atoms with Crippen LogP contribution in [0.4, 0.5) is 5.69 Å². The quantitative estimate of drug-likeness (QED) is 0.349. The van der Waals surface area contributed by atoms with Crippen LogP contribution in [0.25, 0.3) is 11.0 Å². The van der Waals surface area contributed by atoms with E-state index in [4.69, 9.17) is 9.73 Å². The standard InChI is InChI=1S/C24H32N6O/c1-3-25-24(26-13-7-12-23-27-21-10-4-5-11-22(21)28-23)30-16-14-29(15-17-30)19-8-6-9-20(18-19)31-2/h4-6,8-11,18H,3,7,12-17H2,1-2H3,(H,25,26)(H,27,28). The third-order valence-corrected chi connectivity index (χ3v) is 5.60. The van der Waals surface area contributed by atoms with Gasteiger partial charge in [-0.1, -0.05) is 18.2 Å². The predicted octanol–water partition coefficient (Wildman–Crippen LogP) is 3.29. The summed E-state index contributed by atoms with van der Waals surface area (Å²) in [4.78, 5) is 17.7. The molecule has 2 N–H and O–H groups in total. The molecule has 7 nitrogen and oxygen atoms in total. The van der Waals surface area contributed by atoms with E-state index in [1.807, 2.05) is 30.3 Å². The summed E-state index contributed by atoms with van der Waals surface area (Å²) in [5, 5.41) is 3.46. The topological polar surface area (TPSA) is 68.8 Å². The normalized spacial score (nSPS) is 14.8. The van der Waals surface area contributed by atoms with Crippen LogP contribution in [0, 0.1) is 0 Å². The highest BCUT2D eigenvalue weighted by atomic mass is 16.5. The lowest BCUT2D eigenvalue weighted by Gasteiger charge is -2.37. The summed E-state index contributed by atoms with van der Waals surface area (Å²) in [6, 6.07) is 16.5. The van der Waals surface area contributed by atoms with Gasteiger partial charge in [0, 0.05) is 57.4 Å². The van der Waals surface area contributed by atoms with Crippen LogP contribution in [-0.2, 0) is 6.42 Å². The number of anilines is 1. The summed E-state index contributed by atoms with van der Waals surface area (Å²) < 4.78 is 5.37. The van der Waals surface area contributed by atoms with E-state index in [1.54, 1.807) is 7.11 Å². The number of rotatable bonds is 7. The highest BCUT2D eigenvalue weighted by Gasteiger charge is 2.20. The van der Waals surface area contributed by atoms with Crippen molar-refractivity contribution < 1.29 is 4.74 Å². The fraction of sp³-hybridized carbons (Fsp3) is 0.417. The zero-order valence-corrected chi connectivity index (χ0v) is 18.5. The molecule has 3 aromatic rings. The van der Waals surface area contributed by atoms with Crippen molar-refractivity contribution in [3.05, 3.63) is 54.4 Å². The van der Waals surface area contributed by atoms with E-state index in [0.717, 1.165) is 80.7 Å². The Morgan fingerprint density at radius 3 is 2.74 bits per heavy atom. The number of para-hydroxylation sites is 2. The molecule has 2 aromatic carbocycles. The fourth-order valence-corrected chi connectivity index (χ4v) is 3.96. The molecular formula is C24H32N6O. The van der Waals surface area contributed by atoms with Crippen LogP contribution >= 0.6 is 0 Å². The van der Waals surface area contributed by atoms with Gasteiger partial charge in [-0.2, -0.15) is 0 Å². The van der Waals surface area contributed by atoms with Gasteiger partial charge in [0.05, 0.1) is 18.1 Å². The second-order valence-corrected chi connectivity index (χ2v) is 7.72. The zero-order chi connectivity index (χ0) is 21.5. The number of nitrogens with one attached hydrogen (secondary N) is 2. The predicted molar refractivity (Wildman–Crippen MR) is 127 cm³/mol. The molecule has 0 amide bonds. The average Bonchev–Trinajstić information content (AvgIpc) is 3.24. The molecule has 0 bridgehead atoms. The van der Waals surface area contributed by atoms with Gasteiger partial charge in [0.2, 0.25) is 0 Å². The molecular weight excluding hydrogens is 388 g/mol. The second kappa shape index (κ2) is 10.2. The molecule has 2 heterocycles. The van der Waals surface area contributed by atoms with Gasteiger partial charge in [-0.3, -0.25) is 4.99 Å². The van der Waals surface area contributed by atoms with Crippen LogP contribution in [0.3, 0.4) is 0 Å². The largest absolute Gasteiger partial charge is 0.497 e. The van der Waals surface area contributed by atoms with E-state index in [1.165, 1.54) is 5.69 Å². The number of hydrogen-bond donors (Lipinski definition) is 2. The Balaban J connectivity index is 1.30. The van der Waals surface area contributed by atoms with Crippen LogP contribution in [0.2, 0.25) is 0 Å². The Hall–Kier alpha value is -3.22. The molecule has 7 heteroatoms. The van der Waals surface area contributed by atoms with Gasteiger partial charge in [-0.05, 0) is 37.6 Å².